The summed E-state index contributed by atoms with van der Waals surface area (Å²) in [6, 6.07) is 16.8. The van der Waals surface area contributed by atoms with Gasteiger partial charge in [-0.25, -0.2) is 24.0 Å². The molecule has 0 aliphatic carbocycles. The van der Waals surface area contributed by atoms with Crippen molar-refractivity contribution < 1.29 is 33.0 Å². The van der Waals surface area contributed by atoms with E-state index in [-0.39, 0.29) is 57.6 Å². The lowest BCUT2D eigenvalue weighted by atomic mass is 9.99. The molecule has 15 heteroatoms. The molecule has 3 aromatic carbocycles. The average molecular weight is 700 g/mol. The van der Waals surface area contributed by atoms with Gasteiger partial charge in [-0.15, -0.1) is 6.42 Å². The van der Waals surface area contributed by atoms with Gasteiger partial charge in [-0.3, -0.25) is 9.59 Å². The minimum Gasteiger partial charge on any atom is -0.482 e. The highest BCUT2D eigenvalue weighted by atomic mass is 32.1. The number of amides is 4. The minimum absolute atomic E-state index is 0.0870. The summed E-state index contributed by atoms with van der Waals surface area (Å²) in [5.74, 6) is 1.41. The van der Waals surface area contributed by atoms with E-state index in [4.69, 9.17) is 16.9 Å². The number of terminal acetylenes is 1. The van der Waals surface area contributed by atoms with E-state index in [1.54, 1.807) is 46.3 Å². The number of anilines is 1. The summed E-state index contributed by atoms with van der Waals surface area (Å²) in [5.41, 5.74) is 8.91. The van der Waals surface area contributed by atoms with Crippen LogP contribution in [0.2, 0.25) is 0 Å². The SMILES string of the molecule is C#CCN(C(=O)NCc1ccc(F)cc1)N1CC(=O)N2[C@@H](Cc3ccc(OCC(=O)OC)cc3)C(=O)N(Cc3cccc4sc(N)nc34)C[C@@H]21. The Morgan fingerprint density at radius 2 is 1.86 bits per heavy atom. The number of thiazole rings is 1. The van der Waals surface area contributed by atoms with Gasteiger partial charge in [0.25, 0.3) is 0 Å². The second kappa shape index (κ2) is 14.8. The number of fused-ring (bicyclic) bond motifs is 2. The van der Waals surface area contributed by atoms with E-state index in [1.165, 1.54) is 40.5 Å². The number of carbonyl (C=O) groups excluding carboxylic acids is 4. The molecule has 13 nitrogen and oxygen atoms in total. The van der Waals surface area contributed by atoms with Crippen molar-refractivity contribution in [1.29, 1.82) is 0 Å². The second-order valence-electron chi connectivity index (χ2n) is 11.7. The van der Waals surface area contributed by atoms with Crippen LogP contribution in [0.4, 0.5) is 14.3 Å². The molecule has 0 spiro atoms. The molecular formula is C35H34FN7O6S. The number of para-hydroxylation sites is 1. The number of esters is 1. The fraction of sp³-hybridized carbons (Fsp3) is 0.286. The molecule has 2 saturated heterocycles. The molecule has 0 bridgehead atoms. The first kappa shape index (κ1) is 34.2. The van der Waals surface area contributed by atoms with Gasteiger partial charge in [0.1, 0.15) is 23.8 Å². The number of nitrogens with two attached hydrogens (primary N) is 1. The summed E-state index contributed by atoms with van der Waals surface area (Å²) in [7, 11) is 1.27. The lowest BCUT2D eigenvalue weighted by molar-refractivity contribution is -0.157. The van der Waals surface area contributed by atoms with Gasteiger partial charge in [-0.1, -0.05) is 53.7 Å². The predicted molar refractivity (Wildman–Crippen MR) is 182 cm³/mol. The Kier molecular flexibility index (Phi) is 10.1. The molecule has 50 heavy (non-hydrogen) atoms. The molecule has 2 aliphatic heterocycles. The third-order valence-corrected chi connectivity index (χ3v) is 9.38. The van der Waals surface area contributed by atoms with E-state index in [2.05, 4.69) is 21.0 Å². The van der Waals surface area contributed by atoms with Crippen LogP contribution in [0.25, 0.3) is 10.2 Å². The molecule has 1 aromatic heterocycles. The van der Waals surface area contributed by atoms with Crippen molar-refractivity contribution in [2.24, 2.45) is 0 Å². The largest absolute Gasteiger partial charge is 0.482 e. The Morgan fingerprint density at radius 3 is 2.58 bits per heavy atom. The molecule has 0 unspecified atom stereocenters. The molecule has 2 fully saturated rings. The molecule has 4 amide bonds. The van der Waals surface area contributed by atoms with E-state index in [0.29, 0.717) is 22.0 Å². The topological polar surface area (TPSA) is 151 Å². The van der Waals surface area contributed by atoms with Crippen LogP contribution >= 0.6 is 11.3 Å². The normalized spacial score (nSPS) is 17.4. The van der Waals surface area contributed by atoms with Crippen LogP contribution in [0.3, 0.4) is 0 Å². The van der Waals surface area contributed by atoms with Crippen molar-refractivity contribution in [3.63, 3.8) is 0 Å². The molecule has 2 aliphatic rings. The van der Waals surface area contributed by atoms with E-state index in [9.17, 15) is 23.6 Å². The van der Waals surface area contributed by atoms with E-state index in [0.717, 1.165) is 15.8 Å². The van der Waals surface area contributed by atoms with Gasteiger partial charge in [0.2, 0.25) is 11.8 Å². The number of hydrogen-bond donors (Lipinski definition) is 2. The zero-order valence-corrected chi connectivity index (χ0v) is 27.9. The maximum Gasteiger partial charge on any atom is 0.343 e. The van der Waals surface area contributed by atoms with Crippen LogP contribution < -0.4 is 15.8 Å². The van der Waals surface area contributed by atoms with Crippen molar-refractivity contribution in [1.82, 2.24) is 30.1 Å². The van der Waals surface area contributed by atoms with Crippen molar-refractivity contribution >= 4 is 50.5 Å². The number of piperazine rings is 1. The summed E-state index contributed by atoms with van der Waals surface area (Å²) in [4.78, 5) is 60.8. The van der Waals surface area contributed by atoms with Gasteiger partial charge in [0.05, 0.1) is 37.0 Å². The number of nitrogens with one attached hydrogen (secondary N) is 1. The summed E-state index contributed by atoms with van der Waals surface area (Å²) < 4.78 is 24.4. The fourth-order valence-corrected chi connectivity index (χ4v) is 6.91. The quantitative estimate of drug-likeness (QED) is 0.178. The number of halogens is 1. The standard InChI is InChI=1S/C35H34FN7O6S/c1-3-15-41(35(47)38-17-23-7-11-25(36)12-8-23)42-20-30(44)43-27(16-22-9-13-26(14-10-22)49-21-31(45)48-2)33(46)40(19-29(42)43)18-24-5-4-6-28-32(24)39-34(37)50-28/h1,4-14,27,29H,15-21H2,2H3,(H2,37,39)(H,38,47)/t27-,29+/m0/s1. The highest BCUT2D eigenvalue weighted by Gasteiger charge is 2.52. The third kappa shape index (κ3) is 7.31. The van der Waals surface area contributed by atoms with Crippen molar-refractivity contribution in [2.45, 2.75) is 31.7 Å². The number of urea groups is 1. The Morgan fingerprint density at radius 1 is 1.12 bits per heavy atom. The molecule has 2 atom stereocenters. The van der Waals surface area contributed by atoms with Gasteiger partial charge >= 0.3 is 12.0 Å². The number of hydrazine groups is 1. The second-order valence-corrected chi connectivity index (χ2v) is 12.8. The van der Waals surface area contributed by atoms with Crippen LogP contribution in [0.1, 0.15) is 16.7 Å². The van der Waals surface area contributed by atoms with Crippen LogP contribution in [0, 0.1) is 18.2 Å². The molecular weight excluding hydrogens is 665 g/mol. The lowest BCUT2D eigenvalue weighted by Gasteiger charge is -2.46. The van der Waals surface area contributed by atoms with Gasteiger partial charge in [-0.05, 0) is 47.0 Å². The Labute approximate surface area is 291 Å². The number of carbonyl (C=O) groups is 4. The maximum absolute atomic E-state index is 14.3. The maximum atomic E-state index is 14.3. The third-order valence-electron chi connectivity index (χ3n) is 8.53. The molecule has 0 saturated carbocycles. The number of ether oxygens (including phenoxy) is 2. The Hall–Kier alpha value is -5.72. The van der Waals surface area contributed by atoms with Crippen molar-refractivity contribution in [3.05, 3.63) is 89.2 Å². The van der Waals surface area contributed by atoms with Crippen molar-refractivity contribution in [2.75, 3.05) is 39.1 Å². The summed E-state index contributed by atoms with van der Waals surface area (Å²) in [5, 5.41) is 6.11. The number of nitrogens with zero attached hydrogens (tertiary/aromatic N) is 5. The van der Waals surface area contributed by atoms with Crippen LogP contribution in [0.5, 0.6) is 5.75 Å². The number of aromatic nitrogens is 1. The smallest absolute Gasteiger partial charge is 0.343 e. The van der Waals surface area contributed by atoms with E-state index >= 15 is 0 Å². The fourth-order valence-electron chi connectivity index (χ4n) is 6.13. The predicted octanol–water partition coefficient (Wildman–Crippen LogP) is 2.75. The Balaban J connectivity index is 1.28. The minimum atomic E-state index is -0.914. The van der Waals surface area contributed by atoms with Crippen LogP contribution in [0.15, 0.2) is 66.7 Å². The molecule has 258 valence electrons. The first-order chi connectivity index (χ1) is 24.1. The van der Waals surface area contributed by atoms with E-state index < -0.39 is 30.0 Å². The van der Waals surface area contributed by atoms with Gasteiger partial charge in [-0.2, -0.15) is 5.01 Å². The van der Waals surface area contributed by atoms with Gasteiger partial charge < -0.3 is 30.3 Å². The van der Waals surface area contributed by atoms with E-state index in [1.807, 2.05) is 18.2 Å². The number of methoxy groups -OCH3 is 1. The lowest BCUT2D eigenvalue weighted by Crippen LogP contribution is -2.66. The summed E-state index contributed by atoms with van der Waals surface area (Å²) >= 11 is 1.35. The Bertz CT molecular complexity index is 1950. The average Bonchev–Trinajstić information content (AvgIpc) is 3.66. The molecule has 3 N–H and O–H groups in total. The number of hydrogen-bond acceptors (Lipinski definition) is 10. The first-order valence-electron chi connectivity index (χ1n) is 15.7. The first-order valence-corrected chi connectivity index (χ1v) is 16.5. The summed E-state index contributed by atoms with van der Waals surface area (Å²) in [6.45, 7) is -0.209. The highest BCUT2D eigenvalue weighted by molar-refractivity contribution is 7.22. The molecule has 6 rings (SSSR count). The molecule has 3 heterocycles. The summed E-state index contributed by atoms with van der Waals surface area (Å²) in [6.07, 6.45) is 5.14. The van der Waals surface area contributed by atoms with Crippen LogP contribution in [-0.2, 0) is 38.6 Å². The zero-order valence-electron chi connectivity index (χ0n) is 27.1. The molecule has 4 aromatic rings. The number of benzene rings is 3. The van der Waals surface area contributed by atoms with Crippen molar-refractivity contribution in [3.8, 4) is 18.1 Å². The number of nitrogen functional groups attached to an aromatic ring is 1. The van der Waals surface area contributed by atoms with Gasteiger partial charge in [0.15, 0.2) is 11.7 Å². The van der Waals surface area contributed by atoms with Crippen LogP contribution in [-0.4, -0.2) is 94.2 Å². The number of rotatable bonds is 11. The van der Waals surface area contributed by atoms with Gasteiger partial charge in [0, 0.05) is 19.5 Å². The molecule has 0 radical (unpaired) electrons. The highest BCUT2D eigenvalue weighted by Crippen LogP contribution is 2.32. The zero-order chi connectivity index (χ0) is 35.4. The monoisotopic (exact) mass is 699 g/mol.